The van der Waals surface area contributed by atoms with Gasteiger partial charge in [-0.05, 0) is 64.1 Å². The van der Waals surface area contributed by atoms with Gasteiger partial charge < -0.3 is 20.3 Å². The lowest BCUT2D eigenvalue weighted by atomic mass is 9.97. The van der Waals surface area contributed by atoms with E-state index in [-0.39, 0.29) is 24.0 Å². The Balaban J connectivity index is 0.00000363. The Kier molecular flexibility index (Phi) is 12.9. The van der Waals surface area contributed by atoms with Crippen molar-refractivity contribution in [2.45, 2.75) is 58.2 Å². The molecule has 1 aromatic carbocycles. The highest BCUT2D eigenvalue weighted by Gasteiger charge is 2.26. The molecule has 32 heavy (non-hydrogen) atoms. The molecule has 0 bridgehead atoms. The zero-order chi connectivity index (χ0) is 21.9. The molecule has 0 saturated carbocycles. The third-order valence-corrected chi connectivity index (χ3v) is 6.75. The lowest BCUT2D eigenvalue weighted by molar-refractivity contribution is 0.121. The van der Waals surface area contributed by atoms with Crippen molar-refractivity contribution in [2.75, 3.05) is 53.0 Å². The molecule has 0 radical (unpaired) electrons. The van der Waals surface area contributed by atoms with Gasteiger partial charge in [-0.25, -0.2) is 0 Å². The molecule has 2 fully saturated rings. The fraction of sp³-hybridized carbons (Fsp3) is 0.720. The first kappa shape index (κ1) is 27.3. The Morgan fingerprint density at radius 2 is 1.88 bits per heavy atom. The quantitative estimate of drug-likeness (QED) is 0.276. The number of benzene rings is 1. The van der Waals surface area contributed by atoms with Crippen LogP contribution in [0.25, 0.3) is 0 Å². The van der Waals surface area contributed by atoms with E-state index in [1.165, 1.54) is 37.9 Å². The molecule has 6 nitrogen and oxygen atoms in total. The van der Waals surface area contributed by atoms with Gasteiger partial charge in [0.1, 0.15) is 0 Å². The molecule has 7 heteroatoms. The van der Waals surface area contributed by atoms with Gasteiger partial charge in [0.2, 0.25) is 0 Å². The Morgan fingerprint density at radius 1 is 1.12 bits per heavy atom. The van der Waals surface area contributed by atoms with Crippen LogP contribution in [0.5, 0.6) is 0 Å². The van der Waals surface area contributed by atoms with Crippen LogP contribution in [-0.2, 0) is 11.3 Å². The molecule has 2 unspecified atom stereocenters. The highest BCUT2D eigenvalue weighted by molar-refractivity contribution is 14.0. The summed E-state index contributed by atoms with van der Waals surface area (Å²) in [6.45, 7) is 12.8. The Morgan fingerprint density at radius 3 is 2.53 bits per heavy atom. The molecule has 1 aromatic rings. The summed E-state index contributed by atoms with van der Waals surface area (Å²) in [5.74, 6) is 1.69. The van der Waals surface area contributed by atoms with Crippen LogP contribution in [0.1, 0.15) is 45.1 Å². The average molecular weight is 558 g/mol. The molecule has 0 aromatic heterocycles. The second kappa shape index (κ2) is 15.1. The molecule has 2 saturated heterocycles. The van der Waals surface area contributed by atoms with E-state index in [0.29, 0.717) is 18.0 Å². The number of piperidine rings is 2. The minimum atomic E-state index is 0. The van der Waals surface area contributed by atoms with Crippen LogP contribution in [0.15, 0.2) is 35.3 Å². The lowest BCUT2D eigenvalue weighted by Crippen LogP contribution is -2.51. The van der Waals surface area contributed by atoms with Gasteiger partial charge in [-0.15, -0.1) is 24.0 Å². The van der Waals surface area contributed by atoms with Crippen molar-refractivity contribution in [2.24, 2.45) is 10.9 Å². The maximum atomic E-state index is 5.21. The van der Waals surface area contributed by atoms with E-state index in [4.69, 9.17) is 9.73 Å². The van der Waals surface area contributed by atoms with E-state index in [9.17, 15) is 0 Å². The molecule has 2 N–H and O–H groups in total. The minimum absolute atomic E-state index is 0. The van der Waals surface area contributed by atoms with Crippen LogP contribution in [0.2, 0.25) is 0 Å². The molecule has 3 rings (SSSR count). The monoisotopic (exact) mass is 557 g/mol. The summed E-state index contributed by atoms with van der Waals surface area (Å²) in [6, 6.07) is 11.9. The van der Waals surface area contributed by atoms with Crippen LogP contribution in [0.3, 0.4) is 0 Å². The predicted octanol–water partition coefficient (Wildman–Crippen LogP) is 3.57. The zero-order valence-electron chi connectivity index (χ0n) is 20.3. The number of likely N-dealkylation sites (tertiary alicyclic amines) is 2. The van der Waals surface area contributed by atoms with Crippen LogP contribution in [-0.4, -0.2) is 80.8 Å². The SMILES string of the molecule is CCNC(=NCC1CCN(CCOC)CC1)NC1CCN(Cc2ccccc2)C(C)C1.I. The van der Waals surface area contributed by atoms with Crippen LogP contribution >= 0.6 is 24.0 Å². The van der Waals surface area contributed by atoms with E-state index in [1.807, 2.05) is 0 Å². The molecular formula is C25H44IN5O. The first-order valence-electron chi connectivity index (χ1n) is 12.2. The number of aliphatic imine (C=N–C) groups is 1. The highest BCUT2D eigenvalue weighted by Crippen LogP contribution is 2.20. The smallest absolute Gasteiger partial charge is 0.191 e. The summed E-state index contributed by atoms with van der Waals surface area (Å²) in [5.41, 5.74) is 1.41. The number of methoxy groups -OCH3 is 1. The number of hydrogen-bond acceptors (Lipinski definition) is 4. The number of halogens is 1. The van der Waals surface area contributed by atoms with Crippen molar-refractivity contribution in [1.29, 1.82) is 0 Å². The largest absolute Gasteiger partial charge is 0.383 e. The fourth-order valence-electron chi connectivity index (χ4n) is 4.75. The zero-order valence-corrected chi connectivity index (χ0v) is 22.6. The van der Waals surface area contributed by atoms with Crippen LogP contribution < -0.4 is 10.6 Å². The molecule has 2 aliphatic heterocycles. The third-order valence-electron chi connectivity index (χ3n) is 6.75. The molecule has 2 aliphatic rings. The minimum Gasteiger partial charge on any atom is -0.383 e. The average Bonchev–Trinajstić information content (AvgIpc) is 2.79. The van der Waals surface area contributed by atoms with Crippen molar-refractivity contribution < 1.29 is 4.74 Å². The van der Waals surface area contributed by atoms with Gasteiger partial charge in [0, 0.05) is 51.9 Å². The van der Waals surface area contributed by atoms with E-state index < -0.39 is 0 Å². The van der Waals surface area contributed by atoms with Gasteiger partial charge in [-0.2, -0.15) is 0 Å². The maximum Gasteiger partial charge on any atom is 0.191 e. The Bertz CT molecular complexity index is 651. The number of ether oxygens (including phenoxy) is 1. The molecule has 2 heterocycles. The molecule has 0 aliphatic carbocycles. The summed E-state index contributed by atoms with van der Waals surface area (Å²) < 4.78 is 5.21. The van der Waals surface area contributed by atoms with E-state index in [2.05, 4.69) is 64.6 Å². The normalized spacial score (nSPS) is 23.5. The van der Waals surface area contributed by atoms with Crippen LogP contribution in [0, 0.1) is 5.92 Å². The number of hydrogen-bond donors (Lipinski definition) is 2. The van der Waals surface area contributed by atoms with Gasteiger partial charge in [0.15, 0.2) is 5.96 Å². The Hall–Kier alpha value is -0.900. The second-order valence-electron chi connectivity index (χ2n) is 9.17. The van der Waals surface area contributed by atoms with E-state index in [0.717, 1.165) is 51.7 Å². The standard InChI is InChI=1S/C25H43N5O.HI/c1-4-26-25(27-19-22-10-13-29(14-11-22)16-17-31-3)28-24-12-15-30(21(2)18-24)20-23-8-6-5-7-9-23;/h5-9,21-22,24H,4,10-20H2,1-3H3,(H2,26,27,28);1H. The van der Waals surface area contributed by atoms with Gasteiger partial charge >= 0.3 is 0 Å². The first-order valence-corrected chi connectivity index (χ1v) is 12.2. The molecule has 2 atom stereocenters. The number of rotatable bonds is 9. The molecule has 0 amide bonds. The third kappa shape index (κ3) is 9.15. The number of guanidine groups is 1. The fourth-order valence-corrected chi connectivity index (χ4v) is 4.75. The van der Waals surface area contributed by atoms with Gasteiger partial charge in [-0.1, -0.05) is 30.3 Å². The van der Waals surface area contributed by atoms with E-state index in [1.54, 1.807) is 7.11 Å². The predicted molar refractivity (Wildman–Crippen MR) is 145 cm³/mol. The highest BCUT2D eigenvalue weighted by atomic mass is 127. The van der Waals surface area contributed by atoms with Crippen molar-refractivity contribution in [3.05, 3.63) is 35.9 Å². The van der Waals surface area contributed by atoms with Gasteiger partial charge in [0.25, 0.3) is 0 Å². The topological polar surface area (TPSA) is 52.1 Å². The van der Waals surface area contributed by atoms with Gasteiger partial charge in [0.05, 0.1) is 6.61 Å². The summed E-state index contributed by atoms with van der Waals surface area (Å²) in [5, 5.41) is 7.20. The van der Waals surface area contributed by atoms with Crippen LogP contribution in [0.4, 0.5) is 0 Å². The van der Waals surface area contributed by atoms with Crippen molar-refractivity contribution in [3.63, 3.8) is 0 Å². The van der Waals surface area contributed by atoms with Gasteiger partial charge in [-0.3, -0.25) is 9.89 Å². The Labute approximate surface area is 212 Å². The maximum absolute atomic E-state index is 5.21. The van der Waals surface area contributed by atoms with Crippen molar-refractivity contribution in [1.82, 2.24) is 20.4 Å². The van der Waals surface area contributed by atoms with Crippen molar-refractivity contribution >= 4 is 29.9 Å². The number of nitrogens with zero attached hydrogens (tertiary/aromatic N) is 3. The summed E-state index contributed by atoms with van der Waals surface area (Å²) in [4.78, 5) is 10.1. The lowest BCUT2D eigenvalue weighted by Gasteiger charge is -2.38. The van der Waals surface area contributed by atoms with E-state index >= 15 is 0 Å². The summed E-state index contributed by atoms with van der Waals surface area (Å²) in [7, 11) is 1.78. The summed E-state index contributed by atoms with van der Waals surface area (Å²) >= 11 is 0. The molecule has 0 spiro atoms. The summed E-state index contributed by atoms with van der Waals surface area (Å²) in [6.07, 6.45) is 4.80. The molecule has 182 valence electrons. The van der Waals surface area contributed by atoms with Crippen molar-refractivity contribution in [3.8, 4) is 0 Å². The first-order chi connectivity index (χ1) is 15.2. The number of nitrogens with one attached hydrogen (secondary N) is 2. The second-order valence-corrected chi connectivity index (χ2v) is 9.17. The molecular weight excluding hydrogens is 513 g/mol.